The zero-order chi connectivity index (χ0) is 14.8. The van der Waals surface area contributed by atoms with Gasteiger partial charge in [0.25, 0.3) is 0 Å². The fourth-order valence-corrected chi connectivity index (χ4v) is 12.2. The summed E-state index contributed by atoms with van der Waals surface area (Å²) in [6.07, 6.45) is 0. The van der Waals surface area contributed by atoms with E-state index in [1.54, 1.807) is 4.82 Å². The monoisotopic (exact) mass is 294 g/mol. The molecule has 0 bridgehead atoms. The van der Waals surface area contributed by atoms with Gasteiger partial charge < -0.3 is 0 Å². The summed E-state index contributed by atoms with van der Waals surface area (Å²) in [5.41, 5.74) is 10.1. The van der Waals surface area contributed by atoms with Gasteiger partial charge in [0.05, 0.1) is 24.2 Å². The van der Waals surface area contributed by atoms with Crippen LogP contribution in [-0.4, -0.2) is 24.2 Å². The average Bonchev–Trinajstić information content (AvgIpc) is 2.05. The molecule has 0 rings (SSSR count). The average molecular weight is 295 g/mol. The molecule has 0 fully saturated rings. The van der Waals surface area contributed by atoms with Crippen molar-refractivity contribution in [1.82, 2.24) is 0 Å². The van der Waals surface area contributed by atoms with Gasteiger partial charge in [-0.3, -0.25) is 0 Å². The van der Waals surface area contributed by atoms with Crippen LogP contribution in [0.25, 0.3) is 0 Å². The van der Waals surface area contributed by atoms with Gasteiger partial charge in [-0.2, -0.15) is 0 Å². The van der Waals surface area contributed by atoms with Crippen molar-refractivity contribution in [3.63, 3.8) is 0 Å². The van der Waals surface area contributed by atoms with Gasteiger partial charge in [-0.1, -0.05) is 70.4 Å². The third kappa shape index (κ3) is 6.06. The van der Waals surface area contributed by atoms with Crippen LogP contribution in [0.1, 0.15) is 6.92 Å². The Morgan fingerprint density at radius 3 is 1.28 bits per heavy atom. The molecule has 0 heterocycles. The Morgan fingerprint density at radius 2 is 1.00 bits per heavy atom. The molecule has 0 saturated heterocycles. The van der Waals surface area contributed by atoms with E-state index in [0.717, 1.165) is 0 Å². The molecule has 102 valence electrons. The smallest absolute Gasteiger partial charge is 0.0710 e. The quantitative estimate of drug-likeness (QED) is 0.483. The van der Waals surface area contributed by atoms with Crippen LogP contribution in [0.5, 0.6) is 0 Å². The molecule has 0 N–H and O–H groups in total. The number of hydrogen-bond acceptors (Lipinski definition) is 0. The molecule has 0 spiro atoms. The summed E-state index contributed by atoms with van der Waals surface area (Å²) in [5.74, 6) is 0. The molecule has 0 aliphatic carbocycles. The van der Waals surface area contributed by atoms with Crippen LogP contribution in [0.3, 0.4) is 0 Å². The second-order valence-electron chi connectivity index (χ2n) is 8.12. The van der Waals surface area contributed by atoms with E-state index >= 15 is 0 Å². The van der Waals surface area contributed by atoms with Crippen molar-refractivity contribution >= 4 is 24.2 Å². The predicted molar refractivity (Wildman–Crippen MR) is 93.3 cm³/mol. The molecule has 0 atom stereocenters. The molecule has 0 aliphatic heterocycles. The maximum Gasteiger partial charge on any atom is 0.0828 e. The van der Waals surface area contributed by atoms with E-state index in [0.29, 0.717) is 0 Å². The Labute approximate surface area is 117 Å². The van der Waals surface area contributed by atoms with Crippen LogP contribution in [-0.2, 0) is 0 Å². The molecule has 0 unspecified atom stereocenters. The molecule has 0 nitrogen and oxygen atoms in total. The maximum atomic E-state index is 3.48. The first kappa shape index (κ1) is 17.7. The zero-order valence-electron chi connectivity index (χ0n) is 14.0. The summed E-state index contributed by atoms with van der Waals surface area (Å²) < 4.78 is 0. The second kappa shape index (κ2) is 5.79. The van der Waals surface area contributed by atoms with Crippen molar-refractivity contribution in [2.75, 3.05) is 0 Å². The van der Waals surface area contributed by atoms with Gasteiger partial charge in [0.1, 0.15) is 0 Å². The van der Waals surface area contributed by atoms with Crippen molar-refractivity contribution in [3.8, 4) is 0 Å². The van der Waals surface area contributed by atoms with E-state index in [-0.39, 0.29) is 0 Å². The highest BCUT2D eigenvalue weighted by molar-refractivity contribution is 7.04. The Bertz CT molecular complexity index is 416. The predicted octanol–water partition coefficient (Wildman–Crippen LogP) is 5.40. The minimum atomic E-state index is -1.27. The topological polar surface area (TPSA) is 0 Å². The maximum absolute atomic E-state index is 3.48. The minimum Gasteiger partial charge on any atom is -0.0710 e. The van der Waals surface area contributed by atoms with Gasteiger partial charge >= 0.3 is 0 Å². The number of hydrogen-bond donors (Lipinski definition) is 0. The van der Waals surface area contributed by atoms with Crippen molar-refractivity contribution in [2.45, 2.75) is 65.8 Å². The van der Waals surface area contributed by atoms with Crippen molar-refractivity contribution in [3.05, 3.63) is 27.2 Å². The lowest BCUT2D eigenvalue weighted by atomic mass is 10.6. The molecule has 0 saturated carbocycles. The van der Waals surface area contributed by atoms with E-state index < -0.39 is 24.2 Å². The zero-order valence-corrected chi connectivity index (χ0v) is 17.0. The van der Waals surface area contributed by atoms with Crippen LogP contribution in [0.2, 0.25) is 58.9 Å². The third-order valence-electron chi connectivity index (χ3n) is 3.06. The summed E-state index contributed by atoms with van der Waals surface area (Å²) in [6.45, 7) is 23.7. The van der Waals surface area contributed by atoms with Crippen molar-refractivity contribution in [1.29, 1.82) is 0 Å². The van der Waals surface area contributed by atoms with Crippen LogP contribution in [0.15, 0.2) is 27.2 Å². The Balaban J connectivity index is 5.99. The van der Waals surface area contributed by atoms with E-state index in [9.17, 15) is 0 Å². The van der Waals surface area contributed by atoms with Gasteiger partial charge in [0, 0.05) is 0 Å². The molecule has 18 heavy (non-hydrogen) atoms. The summed E-state index contributed by atoms with van der Waals surface area (Å²) in [4.78, 5) is 1.57. The second-order valence-corrected chi connectivity index (χ2v) is 23.9. The molecule has 0 aromatic rings. The van der Waals surface area contributed by atoms with Gasteiger partial charge in [-0.25, -0.2) is 0 Å². The van der Waals surface area contributed by atoms with Crippen LogP contribution < -0.4 is 0 Å². The standard InChI is InChI=1S/C15H30Si3/c1-14(16(2,3)4)12-11-13-15(17(5,6)7)18(8,9)10/h1-10H3. The molecule has 0 radical (unpaired) electrons. The van der Waals surface area contributed by atoms with Gasteiger partial charge in [0.2, 0.25) is 0 Å². The van der Waals surface area contributed by atoms with Crippen molar-refractivity contribution in [2.24, 2.45) is 0 Å². The number of allylic oxidation sites excluding steroid dienone is 1. The Hall–Kier alpha value is -0.269. The van der Waals surface area contributed by atoms with Gasteiger partial charge in [-0.15, -0.1) is 0 Å². The lowest BCUT2D eigenvalue weighted by Gasteiger charge is -2.28. The fourth-order valence-electron chi connectivity index (χ4n) is 1.88. The molecular weight excluding hydrogens is 264 g/mol. The van der Waals surface area contributed by atoms with Crippen LogP contribution >= 0.6 is 0 Å². The molecule has 0 amide bonds. The largest absolute Gasteiger partial charge is 0.0828 e. The van der Waals surface area contributed by atoms with E-state index in [4.69, 9.17) is 0 Å². The summed E-state index contributed by atoms with van der Waals surface area (Å²) in [5, 5.41) is 1.38. The first-order valence-corrected chi connectivity index (χ1v) is 17.2. The first-order valence-electron chi connectivity index (χ1n) is 6.75. The van der Waals surface area contributed by atoms with E-state index in [1.807, 2.05) is 0 Å². The highest BCUT2D eigenvalue weighted by Crippen LogP contribution is 2.23. The summed E-state index contributed by atoms with van der Waals surface area (Å²) in [6, 6.07) is 0. The molecule has 3 heteroatoms. The highest BCUT2D eigenvalue weighted by atomic mass is 28.4. The normalized spacial score (nSPS) is 12.3. The SMILES string of the molecule is CC(=C=C=C=C([Si](C)(C)C)[Si](C)(C)C)[Si](C)(C)C. The third-order valence-corrected chi connectivity index (χ3v) is 13.2. The van der Waals surface area contributed by atoms with E-state index in [1.165, 1.54) is 5.20 Å². The molecule has 0 aliphatic rings. The lowest BCUT2D eigenvalue weighted by Crippen LogP contribution is -2.39. The number of rotatable bonds is 3. The Morgan fingerprint density at radius 1 is 0.611 bits per heavy atom. The summed E-state index contributed by atoms with van der Waals surface area (Å²) >= 11 is 0. The van der Waals surface area contributed by atoms with Gasteiger partial charge in [-0.05, 0) is 22.7 Å². The molecular formula is C15H30Si3. The van der Waals surface area contributed by atoms with Crippen molar-refractivity contribution < 1.29 is 0 Å². The van der Waals surface area contributed by atoms with Gasteiger partial charge in [0.15, 0.2) is 0 Å². The van der Waals surface area contributed by atoms with E-state index in [2.05, 4.69) is 83.0 Å². The summed E-state index contributed by atoms with van der Waals surface area (Å²) in [7, 11) is -3.75. The van der Waals surface area contributed by atoms with Crippen LogP contribution in [0.4, 0.5) is 0 Å². The Kier molecular flexibility index (Phi) is 5.71. The highest BCUT2D eigenvalue weighted by Gasteiger charge is 2.30. The molecule has 0 aromatic heterocycles. The van der Waals surface area contributed by atoms with Crippen LogP contribution in [0, 0.1) is 0 Å². The first-order chi connectivity index (χ1) is 7.76. The lowest BCUT2D eigenvalue weighted by molar-refractivity contribution is 1.54. The minimum absolute atomic E-state index is 1.21. The molecule has 0 aromatic carbocycles. The fraction of sp³-hybridized carbons (Fsp3) is 0.667.